The number of nitrogens with zero attached hydrogens (tertiary/aromatic N) is 4. The number of benzene rings is 1. The highest BCUT2D eigenvalue weighted by Gasteiger charge is 2.29. The quantitative estimate of drug-likeness (QED) is 0.716. The largest absolute Gasteiger partial charge is 0.340 e. The molecule has 3 heterocycles. The van der Waals surface area contributed by atoms with Crippen LogP contribution in [0.5, 0.6) is 0 Å². The molecule has 1 atom stereocenters. The monoisotopic (exact) mass is 407 g/mol. The van der Waals surface area contributed by atoms with Gasteiger partial charge < -0.3 is 10.2 Å². The maximum absolute atomic E-state index is 13.0. The fourth-order valence-electron chi connectivity index (χ4n) is 4.00. The molecule has 8 heteroatoms. The van der Waals surface area contributed by atoms with Crippen LogP contribution in [0.4, 0.5) is 5.82 Å². The minimum absolute atomic E-state index is 0.0339. The van der Waals surface area contributed by atoms with Crippen LogP contribution < -0.4 is 11.0 Å². The third-order valence-electron chi connectivity index (χ3n) is 5.74. The molecule has 156 valence electrons. The number of anilines is 1. The lowest BCUT2D eigenvalue weighted by molar-refractivity contribution is -0.135. The Balaban J connectivity index is 1.47. The fraction of sp³-hybridized carbons (Fsp3) is 0.364. The number of fused-ring (bicyclic) bond motifs is 1. The van der Waals surface area contributed by atoms with Gasteiger partial charge in [0.05, 0.1) is 17.0 Å². The summed E-state index contributed by atoms with van der Waals surface area (Å²) in [7, 11) is 1.70. The minimum atomic E-state index is -0.298. The van der Waals surface area contributed by atoms with Crippen molar-refractivity contribution in [3.05, 3.63) is 58.6 Å². The number of amides is 2. The Morgan fingerprint density at radius 1 is 1.17 bits per heavy atom. The molecule has 30 heavy (non-hydrogen) atoms. The van der Waals surface area contributed by atoms with Gasteiger partial charge in [-0.1, -0.05) is 18.2 Å². The van der Waals surface area contributed by atoms with Gasteiger partial charge in [-0.3, -0.25) is 18.7 Å². The van der Waals surface area contributed by atoms with Crippen molar-refractivity contribution in [1.82, 2.24) is 19.0 Å². The van der Waals surface area contributed by atoms with Gasteiger partial charge in [0.1, 0.15) is 12.4 Å². The highest BCUT2D eigenvalue weighted by Crippen LogP contribution is 2.20. The number of nitrogens with one attached hydrogen (secondary N) is 1. The van der Waals surface area contributed by atoms with Crippen molar-refractivity contribution in [2.45, 2.75) is 26.3 Å². The zero-order valence-electron chi connectivity index (χ0n) is 17.2. The molecule has 0 saturated carbocycles. The zero-order valence-corrected chi connectivity index (χ0v) is 17.2. The Hall–Kier alpha value is -3.42. The highest BCUT2D eigenvalue weighted by molar-refractivity contribution is 5.93. The number of aryl methyl sites for hydroxylation is 2. The smallest absolute Gasteiger partial charge is 0.329 e. The fourth-order valence-corrected chi connectivity index (χ4v) is 4.00. The van der Waals surface area contributed by atoms with Crippen LogP contribution in [-0.2, 0) is 23.2 Å². The predicted octanol–water partition coefficient (Wildman–Crippen LogP) is 1.92. The number of carbonyl (C=O) groups is 2. The van der Waals surface area contributed by atoms with E-state index in [-0.39, 0.29) is 30.0 Å². The summed E-state index contributed by atoms with van der Waals surface area (Å²) >= 11 is 0. The van der Waals surface area contributed by atoms with Crippen molar-refractivity contribution in [1.29, 1.82) is 0 Å². The van der Waals surface area contributed by atoms with E-state index >= 15 is 0 Å². The van der Waals surface area contributed by atoms with Crippen LogP contribution in [0.3, 0.4) is 0 Å². The van der Waals surface area contributed by atoms with Crippen molar-refractivity contribution < 1.29 is 9.59 Å². The molecule has 0 bridgehead atoms. The number of carbonyl (C=O) groups excluding carboxylic acids is 2. The Bertz CT molecular complexity index is 1160. The molecular formula is C22H25N5O3. The molecule has 3 aromatic rings. The first kappa shape index (κ1) is 19.9. The number of pyridine rings is 1. The van der Waals surface area contributed by atoms with E-state index in [0.29, 0.717) is 18.9 Å². The lowest BCUT2D eigenvalue weighted by Gasteiger charge is -2.32. The van der Waals surface area contributed by atoms with E-state index < -0.39 is 0 Å². The summed E-state index contributed by atoms with van der Waals surface area (Å²) in [5.41, 5.74) is 2.19. The number of likely N-dealkylation sites (tertiary alicyclic amines) is 1. The van der Waals surface area contributed by atoms with Crippen molar-refractivity contribution in [2.75, 3.05) is 18.4 Å². The van der Waals surface area contributed by atoms with Gasteiger partial charge in [-0.15, -0.1) is 0 Å². The summed E-state index contributed by atoms with van der Waals surface area (Å²) in [6.07, 6.45) is 3.10. The first-order valence-electron chi connectivity index (χ1n) is 10.1. The molecule has 1 saturated heterocycles. The summed E-state index contributed by atoms with van der Waals surface area (Å²) in [5, 5.41) is 2.88. The lowest BCUT2D eigenvalue weighted by Crippen LogP contribution is -2.45. The summed E-state index contributed by atoms with van der Waals surface area (Å²) in [6.45, 7) is 2.79. The number of hydrogen-bond donors (Lipinski definition) is 1. The maximum Gasteiger partial charge on any atom is 0.329 e. The topological polar surface area (TPSA) is 89.2 Å². The van der Waals surface area contributed by atoms with Crippen molar-refractivity contribution in [3.63, 3.8) is 0 Å². The molecular weight excluding hydrogens is 382 g/mol. The third-order valence-corrected chi connectivity index (χ3v) is 5.74. The first-order valence-corrected chi connectivity index (χ1v) is 10.1. The Kier molecular flexibility index (Phi) is 5.39. The molecule has 4 rings (SSSR count). The molecule has 1 aliphatic heterocycles. The lowest BCUT2D eigenvalue weighted by atomic mass is 9.97. The van der Waals surface area contributed by atoms with E-state index in [2.05, 4.69) is 10.3 Å². The molecule has 1 aromatic carbocycles. The van der Waals surface area contributed by atoms with Gasteiger partial charge in [0.25, 0.3) is 0 Å². The Labute approximate surface area is 174 Å². The van der Waals surface area contributed by atoms with Crippen LogP contribution in [0.25, 0.3) is 11.0 Å². The molecule has 0 spiro atoms. The van der Waals surface area contributed by atoms with E-state index in [9.17, 15) is 14.4 Å². The molecule has 1 N–H and O–H groups in total. The van der Waals surface area contributed by atoms with E-state index in [1.807, 2.05) is 43.3 Å². The van der Waals surface area contributed by atoms with Crippen LogP contribution in [0, 0.1) is 12.8 Å². The molecule has 1 unspecified atom stereocenters. The normalized spacial score (nSPS) is 16.6. The van der Waals surface area contributed by atoms with E-state index in [0.717, 1.165) is 29.4 Å². The second-order valence-electron chi connectivity index (χ2n) is 7.75. The van der Waals surface area contributed by atoms with Gasteiger partial charge >= 0.3 is 5.69 Å². The zero-order chi connectivity index (χ0) is 21.3. The Morgan fingerprint density at radius 2 is 1.93 bits per heavy atom. The van der Waals surface area contributed by atoms with Gasteiger partial charge in [0.15, 0.2) is 0 Å². The number of rotatable bonds is 4. The second-order valence-corrected chi connectivity index (χ2v) is 7.75. The maximum atomic E-state index is 13.0. The van der Waals surface area contributed by atoms with E-state index in [4.69, 9.17) is 0 Å². The van der Waals surface area contributed by atoms with Crippen LogP contribution in [0.1, 0.15) is 18.4 Å². The SMILES string of the molecule is Cc1cccnc1NC(=O)C1CCCN(C(=O)Cn2c(=O)n(C)c3ccccc32)C1. The molecule has 1 aliphatic rings. The van der Waals surface area contributed by atoms with Crippen LogP contribution >= 0.6 is 0 Å². The van der Waals surface area contributed by atoms with Gasteiger partial charge in [-0.25, -0.2) is 9.78 Å². The Morgan fingerprint density at radius 3 is 2.70 bits per heavy atom. The number of piperidine rings is 1. The van der Waals surface area contributed by atoms with Crippen molar-refractivity contribution in [2.24, 2.45) is 13.0 Å². The van der Waals surface area contributed by atoms with Crippen LogP contribution in [-0.4, -0.2) is 43.9 Å². The summed E-state index contributed by atoms with van der Waals surface area (Å²) in [5.74, 6) is -0.0294. The summed E-state index contributed by atoms with van der Waals surface area (Å²) in [6, 6.07) is 11.1. The first-order chi connectivity index (χ1) is 14.5. The van der Waals surface area contributed by atoms with Crippen LogP contribution in [0.15, 0.2) is 47.4 Å². The average molecular weight is 407 g/mol. The molecule has 2 aromatic heterocycles. The molecule has 0 radical (unpaired) electrons. The number of imidazole rings is 1. The highest BCUT2D eigenvalue weighted by atomic mass is 16.2. The molecule has 0 aliphatic carbocycles. The molecule has 1 fully saturated rings. The number of para-hydroxylation sites is 2. The van der Waals surface area contributed by atoms with Crippen molar-refractivity contribution in [3.8, 4) is 0 Å². The molecule has 2 amide bonds. The summed E-state index contributed by atoms with van der Waals surface area (Å²) in [4.78, 5) is 44.2. The molecule has 8 nitrogen and oxygen atoms in total. The van der Waals surface area contributed by atoms with Gasteiger partial charge in [0, 0.05) is 26.3 Å². The van der Waals surface area contributed by atoms with Crippen molar-refractivity contribution >= 4 is 28.7 Å². The number of hydrogen-bond acceptors (Lipinski definition) is 4. The van der Waals surface area contributed by atoms with Gasteiger partial charge in [-0.2, -0.15) is 0 Å². The van der Waals surface area contributed by atoms with E-state index in [1.165, 1.54) is 4.57 Å². The van der Waals surface area contributed by atoms with Gasteiger partial charge in [0.2, 0.25) is 11.8 Å². The predicted molar refractivity (Wildman–Crippen MR) is 114 cm³/mol. The van der Waals surface area contributed by atoms with Gasteiger partial charge in [-0.05, 0) is 43.5 Å². The minimum Gasteiger partial charge on any atom is -0.340 e. The third kappa shape index (κ3) is 3.72. The van der Waals surface area contributed by atoms with Crippen LogP contribution in [0.2, 0.25) is 0 Å². The summed E-state index contributed by atoms with van der Waals surface area (Å²) < 4.78 is 3.04. The average Bonchev–Trinajstić information content (AvgIpc) is 3.00. The standard InChI is InChI=1S/C22H25N5O3/c1-15-7-5-11-23-20(15)24-21(29)16-8-6-12-26(13-16)19(28)14-27-18-10-4-3-9-17(18)25(2)22(27)30/h3-5,7,9-11,16H,6,8,12-14H2,1-2H3,(H,23,24,29). The number of aromatic nitrogens is 3. The second kappa shape index (κ2) is 8.14. The van der Waals surface area contributed by atoms with E-state index in [1.54, 1.807) is 22.7 Å².